The highest BCUT2D eigenvalue weighted by Gasteiger charge is 2.28. The first-order valence-corrected chi connectivity index (χ1v) is 10.3. The third-order valence-electron chi connectivity index (χ3n) is 5.54. The predicted octanol–water partition coefficient (Wildman–Crippen LogP) is 1.48. The summed E-state index contributed by atoms with van der Waals surface area (Å²) in [4.78, 5) is 41.0. The molecule has 4 rings (SSSR count). The maximum absolute atomic E-state index is 12.7. The van der Waals surface area contributed by atoms with Crippen molar-refractivity contribution in [2.24, 2.45) is 0 Å². The lowest BCUT2D eigenvalue weighted by Crippen LogP contribution is -2.54. The maximum Gasteiger partial charge on any atom is 0.320 e. The SMILES string of the molecule is O=C(NC1CCCN(C(=O)N2CCOCC2)C1)c1ccc(-n2ccccc2=O)cc1. The molecule has 3 heterocycles. The molecule has 2 fully saturated rings. The van der Waals surface area contributed by atoms with Crippen molar-refractivity contribution in [2.75, 3.05) is 39.4 Å². The molecule has 0 spiro atoms. The molecule has 0 aliphatic carbocycles. The summed E-state index contributed by atoms with van der Waals surface area (Å²) in [5.41, 5.74) is 1.11. The second-order valence-electron chi connectivity index (χ2n) is 7.60. The number of aromatic nitrogens is 1. The van der Waals surface area contributed by atoms with Crippen LogP contribution in [0.3, 0.4) is 0 Å². The van der Waals surface area contributed by atoms with Crippen LogP contribution in [-0.4, -0.2) is 71.7 Å². The lowest BCUT2D eigenvalue weighted by atomic mass is 10.1. The standard InChI is InChI=1S/C22H26N4O4/c27-20-5-1-2-11-26(20)19-8-6-17(7-9-19)21(28)23-18-4-3-10-25(16-18)22(29)24-12-14-30-15-13-24/h1-2,5-9,11,18H,3-4,10,12-16H2,(H,23,28). The van der Waals surface area contributed by atoms with Crippen LogP contribution in [0.15, 0.2) is 53.5 Å². The molecule has 30 heavy (non-hydrogen) atoms. The molecule has 8 nitrogen and oxygen atoms in total. The number of benzene rings is 1. The monoisotopic (exact) mass is 410 g/mol. The summed E-state index contributed by atoms with van der Waals surface area (Å²) in [6, 6.07) is 11.9. The van der Waals surface area contributed by atoms with Crippen LogP contribution in [0.25, 0.3) is 5.69 Å². The van der Waals surface area contributed by atoms with Crippen molar-refractivity contribution >= 4 is 11.9 Å². The van der Waals surface area contributed by atoms with E-state index in [0.29, 0.717) is 50.6 Å². The fourth-order valence-corrected chi connectivity index (χ4v) is 3.91. The summed E-state index contributed by atoms with van der Waals surface area (Å²) in [5.74, 6) is -0.173. The topological polar surface area (TPSA) is 83.9 Å². The maximum atomic E-state index is 12.7. The van der Waals surface area contributed by atoms with Crippen molar-refractivity contribution in [3.63, 3.8) is 0 Å². The van der Waals surface area contributed by atoms with Gasteiger partial charge >= 0.3 is 6.03 Å². The molecule has 1 aromatic heterocycles. The summed E-state index contributed by atoms with van der Waals surface area (Å²) in [5, 5.41) is 3.05. The molecule has 0 bridgehead atoms. The fraction of sp³-hybridized carbons (Fsp3) is 0.409. The molecule has 3 amide bonds. The number of hydrogen-bond acceptors (Lipinski definition) is 4. The first-order chi connectivity index (χ1) is 14.6. The molecular formula is C22H26N4O4. The van der Waals surface area contributed by atoms with Crippen molar-refractivity contribution < 1.29 is 14.3 Å². The molecule has 1 unspecified atom stereocenters. The molecule has 2 saturated heterocycles. The van der Waals surface area contributed by atoms with E-state index < -0.39 is 0 Å². The number of pyridine rings is 1. The number of ether oxygens (including phenoxy) is 1. The smallest absolute Gasteiger partial charge is 0.320 e. The van der Waals surface area contributed by atoms with Crippen LogP contribution in [0.4, 0.5) is 4.79 Å². The summed E-state index contributed by atoms with van der Waals surface area (Å²) in [6.07, 6.45) is 3.40. The third-order valence-corrected chi connectivity index (χ3v) is 5.54. The molecule has 2 aliphatic heterocycles. The number of urea groups is 1. The van der Waals surface area contributed by atoms with Crippen LogP contribution >= 0.6 is 0 Å². The summed E-state index contributed by atoms with van der Waals surface area (Å²) < 4.78 is 6.84. The normalized spacial score (nSPS) is 19.4. The van der Waals surface area contributed by atoms with Gasteiger partial charge in [-0.3, -0.25) is 14.2 Å². The minimum atomic E-state index is -0.173. The van der Waals surface area contributed by atoms with E-state index in [1.807, 2.05) is 9.80 Å². The second-order valence-corrected chi connectivity index (χ2v) is 7.60. The number of carbonyl (C=O) groups excluding carboxylic acids is 2. The summed E-state index contributed by atoms with van der Waals surface area (Å²) in [7, 11) is 0. The Morgan fingerprint density at radius 2 is 1.73 bits per heavy atom. The van der Waals surface area contributed by atoms with Crippen molar-refractivity contribution in [1.82, 2.24) is 19.7 Å². The second kappa shape index (κ2) is 9.13. The van der Waals surface area contributed by atoms with Gasteiger partial charge in [-0.2, -0.15) is 0 Å². The van der Waals surface area contributed by atoms with Gasteiger partial charge in [-0.15, -0.1) is 0 Å². The average molecular weight is 410 g/mol. The van der Waals surface area contributed by atoms with Crippen LogP contribution in [0.5, 0.6) is 0 Å². The Kier molecular flexibility index (Phi) is 6.13. The highest BCUT2D eigenvalue weighted by atomic mass is 16.5. The minimum Gasteiger partial charge on any atom is -0.378 e. The molecule has 0 saturated carbocycles. The van der Waals surface area contributed by atoms with Crippen molar-refractivity contribution in [2.45, 2.75) is 18.9 Å². The van der Waals surface area contributed by atoms with Crippen molar-refractivity contribution in [3.05, 3.63) is 64.6 Å². The number of carbonyl (C=O) groups is 2. The Labute approximate surface area is 175 Å². The zero-order chi connectivity index (χ0) is 20.9. The van der Waals surface area contributed by atoms with Crippen molar-refractivity contribution in [3.8, 4) is 5.69 Å². The number of nitrogens with one attached hydrogen (secondary N) is 1. The highest BCUT2D eigenvalue weighted by molar-refractivity contribution is 5.94. The van der Waals surface area contributed by atoms with E-state index in [1.54, 1.807) is 42.6 Å². The number of morpholine rings is 1. The number of likely N-dealkylation sites (tertiary alicyclic amines) is 1. The number of amides is 3. The molecule has 1 atom stereocenters. The first-order valence-electron chi connectivity index (χ1n) is 10.3. The average Bonchev–Trinajstić information content (AvgIpc) is 2.80. The third kappa shape index (κ3) is 4.54. The largest absolute Gasteiger partial charge is 0.378 e. The predicted molar refractivity (Wildman–Crippen MR) is 112 cm³/mol. The quantitative estimate of drug-likeness (QED) is 0.831. The highest BCUT2D eigenvalue weighted by Crippen LogP contribution is 2.15. The van der Waals surface area contributed by atoms with Crippen LogP contribution in [0, 0.1) is 0 Å². The lowest BCUT2D eigenvalue weighted by Gasteiger charge is -2.37. The molecule has 2 aromatic rings. The van der Waals surface area contributed by atoms with Gasteiger partial charge in [0.25, 0.3) is 11.5 Å². The van der Waals surface area contributed by atoms with Gasteiger partial charge in [-0.05, 0) is 43.2 Å². The van der Waals surface area contributed by atoms with E-state index in [1.165, 1.54) is 10.6 Å². The fourth-order valence-electron chi connectivity index (χ4n) is 3.91. The van der Waals surface area contributed by atoms with Crippen molar-refractivity contribution in [1.29, 1.82) is 0 Å². The Hall–Kier alpha value is -3.13. The first kappa shape index (κ1) is 20.2. The lowest BCUT2D eigenvalue weighted by molar-refractivity contribution is 0.0401. The zero-order valence-electron chi connectivity index (χ0n) is 16.8. The molecule has 2 aliphatic rings. The van der Waals surface area contributed by atoms with E-state index >= 15 is 0 Å². The van der Waals surface area contributed by atoms with E-state index in [9.17, 15) is 14.4 Å². The van der Waals surface area contributed by atoms with Gasteiger partial charge in [-0.1, -0.05) is 6.07 Å². The summed E-state index contributed by atoms with van der Waals surface area (Å²) >= 11 is 0. The number of hydrogen-bond donors (Lipinski definition) is 1. The number of rotatable bonds is 3. The van der Waals surface area contributed by atoms with Gasteiger partial charge in [0.1, 0.15) is 0 Å². The van der Waals surface area contributed by atoms with E-state index in [2.05, 4.69) is 5.32 Å². The van der Waals surface area contributed by atoms with Gasteiger partial charge in [0.05, 0.1) is 13.2 Å². The summed E-state index contributed by atoms with van der Waals surface area (Å²) in [6.45, 7) is 3.60. The zero-order valence-corrected chi connectivity index (χ0v) is 16.8. The molecule has 158 valence electrons. The minimum absolute atomic E-state index is 0.0231. The Morgan fingerprint density at radius 3 is 2.47 bits per heavy atom. The molecule has 1 aromatic carbocycles. The van der Waals surface area contributed by atoms with Crippen LogP contribution in [0.2, 0.25) is 0 Å². The van der Waals surface area contributed by atoms with Gasteiger partial charge in [0.2, 0.25) is 0 Å². The van der Waals surface area contributed by atoms with Gasteiger partial charge in [0, 0.05) is 55.7 Å². The van der Waals surface area contributed by atoms with E-state index in [0.717, 1.165) is 12.8 Å². The Bertz CT molecular complexity index is 950. The van der Waals surface area contributed by atoms with Crippen LogP contribution in [-0.2, 0) is 4.74 Å². The molecule has 1 N–H and O–H groups in total. The number of piperidine rings is 1. The van der Waals surface area contributed by atoms with Gasteiger partial charge in [0.15, 0.2) is 0 Å². The van der Waals surface area contributed by atoms with Gasteiger partial charge < -0.3 is 19.9 Å². The van der Waals surface area contributed by atoms with Gasteiger partial charge in [-0.25, -0.2) is 4.79 Å². The molecular weight excluding hydrogens is 384 g/mol. The van der Waals surface area contributed by atoms with E-state index in [-0.39, 0.29) is 23.5 Å². The Balaban J connectivity index is 1.37. The van der Waals surface area contributed by atoms with Crippen LogP contribution < -0.4 is 10.9 Å². The Morgan fingerprint density at radius 1 is 0.967 bits per heavy atom. The van der Waals surface area contributed by atoms with Crippen LogP contribution in [0.1, 0.15) is 23.2 Å². The molecule has 0 radical (unpaired) electrons. The molecule has 8 heteroatoms. The number of nitrogens with zero attached hydrogens (tertiary/aromatic N) is 3. The van der Waals surface area contributed by atoms with E-state index in [4.69, 9.17) is 4.74 Å².